The maximum Gasteiger partial charge on any atom is 0.156 e. The molecule has 0 radical (unpaired) electrons. The summed E-state index contributed by atoms with van der Waals surface area (Å²) < 4.78 is 14.7. The lowest BCUT2D eigenvalue weighted by atomic mass is 10.1. The van der Waals surface area contributed by atoms with Crippen molar-refractivity contribution in [2.45, 2.75) is 13.0 Å². The van der Waals surface area contributed by atoms with Gasteiger partial charge in [0.05, 0.1) is 11.4 Å². The van der Waals surface area contributed by atoms with Gasteiger partial charge in [0, 0.05) is 18.8 Å². The van der Waals surface area contributed by atoms with Crippen LogP contribution in [0.1, 0.15) is 5.56 Å². The van der Waals surface area contributed by atoms with Gasteiger partial charge in [0.15, 0.2) is 5.78 Å². The molecule has 2 aromatic heterocycles. The van der Waals surface area contributed by atoms with Crippen LogP contribution in [-0.4, -0.2) is 15.3 Å². The lowest BCUT2D eigenvalue weighted by Gasteiger charge is -2.06. The average Bonchev–Trinajstić information content (AvgIpc) is 3.11. The van der Waals surface area contributed by atoms with E-state index in [4.69, 9.17) is 0 Å². The highest BCUT2D eigenvalue weighted by Gasteiger charge is 2.11. The average molecular weight is 300 g/mol. The van der Waals surface area contributed by atoms with Crippen LogP contribution in [0.15, 0.2) is 54.2 Å². The molecular weight excluding hydrogens is 287 g/mol. The summed E-state index contributed by atoms with van der Waals surface area (Å²) in [6, 6.07) is 9.96. The molecule has 0 saturated heterocycles. The van der Waals surface area contributed by atoms with Gasteiger partial charge >= 0.3 is 0 Å². The van der Waals surface area contributed by atoms with Gasteiger partial charge in [-0.3, -0.25) is 4.79 Å². The van der Waals surface area contributed by atoms with Gasteiger partial charge in [-0.15, -0.1) is 11.3 Å². The van der Waals surface area contributed by atoms with E-state index in [9.17, 15) is 9.18 Å². The molecule has 0 aliphatic heterocycles. The van der Waals surface area contributed by atoms with E-state index in [2.05, 4.69) is 4.98 Å². The van der Waals surface area contributed by atoms with E-state index >= 15 is 0 Å². The van der Waals surface area contributed by atoms with E-state index in [-0.39, 0.29) is 18.1 Å². The Bertz CT molecular complexity index is 732. The Kier molecular flexibility index (Phi) is 3.92. The van der Waals surface area contributed by atoms with Crippen molar-refractivity contribution < 1.29 is 9.18 Å². The molecule has 0 amide bonds. The number of imidazole rings is 1. The van der Waals surface area contributed by atoms with Crippen LogP contribution in [0.25, 0.3) is 10.7 Å². The number of carbonyl (C=O) groups excluding carboxylic acids is 1. The second-order valence-corrected chi connectivity index (χ2v) is 5.65. The molecule has 21 heavy (non-hydrogen) atoms. The minimum Gasteiger partial charge on any atom is -0.323 e. The van der Waals surface area contributed by atoms with Crippen molar-refractivity contribution in [2.75, 3.05) is 0 Å². The van der Waals surface area contributed by atoms with Gasteiger partial charge in [-0.1, -0.05) is 18.2 Å². The van der Waals surface area contributed by atoms with Crippen molar-refractivity contribution in [3.05, 3.63) is 65.6 Å². The predicted molar refractivity (Wildman–Crippen MR) is 80.7 cm³/mol. The molecule has 0 fully saturated rings. The van der Waals surface area contributed by atoms with Crippen LogP contribution in [-0.2, 0) is 17.8 Å². The van der Waals surface area contributed by atoms with Crippen molar-refractivity contribution in [3.8, 4) is 10.7 Å². The summed E-state index contributed by atoms with van der Waals surface area (Å²) in [5.41, 5.74) is 0.819. The lowest BCUT2D eigenvalue weighted by Crippen LogP contribution is -2.12. The number of Topliss-reactive ketones (excluding diaryl/α,β-unsaturated/α-hetero) is 1. The summed E-state index contributed by atoms with van der Waals surface area (Å²) in [5.74, 6) is 0.579. The first-order chi connectivity index (χ1) is 10.2. The number of benzene rings is 1. The Morgan fingerprint density at radius 2 is 2.05 bits per heavy atom. The maximum absolute atomic E-state index is 12.8. The lowest BCUT2D eigenvalue weighted by molar-refractivity contribution is -0.118. The third-order valence-corrected chi connectivity index (χ3v) is 3.98. The Morgan fingerprint density at radius 1 is 1.24 bits per heavy atom. The molecule has 3 nitrogen and oxygen atoms in total. The van der Waals surface area contributed by atoms with Crippen LogP contribution in [0.2, 0.25) is 0 Å². The summed E-state index contributed by atoms with van der Waals surface area (Å²) in [5, 5.41) is 1.98. The second kappa shape index (κ2) is 6.01. The first kappa shape index (κ1) is 13.7. The summed E-state index contributed by atoms with van der Waals surface area (Å²) in [4.78, 5) is 17.5. The molecule has 0 unspecified atom stereocenters. The third kappa shape index (κ3) is 3.25. The van der Waals surface area contributed by atoms with Crippen molar-refractivity contribution in [1.29, 1.82) is 0 Å². The number of hydrogen-bond donors (Lipinski definition) is 0. The minimum atomic E-state index is -0.291. The van der Waals surface area contributed by atoms with Crippen LogP contribution < -0.4 is 0 Å². The molecule has 3 rings (SSSR count). The van der Waals surface area contributed by atoms with Crippen molar-refractivity contribution in [3.63, 3.8) is 0 Å². The Morgan fingerprint density at radius 3 is 2.76 bits per heavy atom. The van der Waals surface area contributed by atoms with Crippen LogP contribution in [0.5, 0.6) is 0 Å². The largest absolute Gasteiger partial charge is 0.323 e. The fourth-order valence-electron chi connectivity index (χ4n) is 2.14. The molecule has 3 aromatic rings. The summed E-state index contributed by atoms with van der Waals surface area (Å²) in [6.45, 7) is 0.268. The van der Waals surface area contributed by atoms with Gasteiger partial charge in [0.1, 0.15) is 11.6 Å². The molecule has 0 bridgehead atoms. The molecule has 0 saturated carbocycles. The monoisotopic (exact) mass is 300 g/mol. The zero-order valence-electron chi connectivity index (χ0n) is 11.2. The van der Waals surface area contributed by atoms with Crippen LogP contribution in [0.3, 0.4) is 0 Å². The first-order valence-electron chi connectivity index (χ1n) is 6.53. The fraction of sp³-hybridized carbons (Fsp3) is 0.125. The van der Waals surface area contributed by atoms with E-state index in [1.165, 1.54) is 12.1 Å². The van der Waals surface area contributed by atoms with Crippen molar-refractivity contribution in [2.24, 2.45) is 0 Å². The number of aromatic nitrogens is 2. The number of hydrogen-bond acceptors (Lipinski definition) is 3. The highest BCUT2D eigenvalue weighted by Crippen LogP contribution is 2.22. The van der Waals surface area contributed by atoms with E-state index < -0.39 is 0 Å². The molecule has 2 heterocycles. The zero-order valence-corrected chi connectivity index (χ0v) is 12.0. The molecule has 0 N–H and O–H groups in total. The highest BCUT2D eigenvalue weighted by atomic mass is 32.1. The number of halogens is 1. The Hall–Kier alpha value is -2.27. The molecule has 106 valence electrons. The third-order valence-electron chi connectivity index (χ3n) is 3.12. The van der Waals surface area contributed by atoms with Crippen LogP contribution in [0.4, 0.5) is 4.39 Å². The molecule has 5 heteroatoms. The normalized spacial score (nSPS) is 10.7. The fourth-order valence-corrected chi connectivity index (χ4v) is 2.88. The number of ketones is 1. The van der Waals surface area contributed by atoms with Gasteiger partial charge in [0.2, 0.25) is 0 Å². The molecule has 0 aliphatic carbocycles. The highest BCUT2D eigenvalue weighted by molar-refractivity contribution is 7.13. The van der Waals surface area contributed by atoms with Gasteiger partial charge < -0.3 is 4.57 Å². The summed E-state index contributed by atoms with van der Waals surface area (Å²) in [6.07, 6.45) is 3.79. The molecule has 0 spiro atoms. The van der Waals surface area contributed by atoms with E-state index in [0.29, 0.717) is 6.42 Å². The summed E-state index contributed by atoms with van der Waals surface area (Å²) >= 11 is 1.59. The Labute approximate surface area is 125 Å². The standard InChI is InChI=1S/C16H13FN2OS/c17-13-5-3-12(4-6-13)10-14(20)11-19-8-7-18-16(19)15-2-1-9-21-15/h1-9H,10-11H2. The second-order valence-electron chi connectivity index (χ2n) is 4.70. The maximum atomic E-state index is 12.8. The topological polar surface area (TPSA) is 34.9 Å². The number of nitrogens with zero attached hydrogens (tertiary/aromatic N) is 2. The van der Waals surface area contributed by atoms with Crippen molar-refractivity contribution >= 4 is 17.1 Å². The molecule has 0 atom stereocenters. The van der Waals surface area contributed by atoms with Crippen molar-refractivity contribution in [1.82, 2.24) is 9.55 Å². The first-order valence-corrected chi connectivity index (χ1v) is 7.41. The predicted octanol–water partition coefficient (Wildman–Crippen LogP) is 3.56. The van der Waals surface area contributed by atoms with Crippen LogP contribution in [0, 0.1) is 5.82 Å². The number of rotatable bonds is 5. The molecule has 0 aliphatic rings. The minimum absolute atomic E-state index is 0.0671. The van der Waals surface area contributed by atoms with E-state index in [1.807, 2.05) is 22.1 Å². The SMILES string of the molecule is O=C(Cc1ccc(F)cc1)Cn1ccnc1-c1cccs1. The van der Waals surface area contributed by atoms with Gasteiger partial charge in [0.25, 0.3) is 0 Å². The van der Waals surface area contributed by atoms with Gasteiger partial charge in [-0.05, 0) is 29.1 Å². The molecule has 1 aromatic carbocycles. The van der Waals surface area contributed by atoms with E-state index in [1.54, 1.807) is 35.9 Å². The van der Waals surface area contributed by atoms with Gasteiger partial charge in [-0.2, -0.15) is 0 Å². The zero-order chi connectivity index (χ0) is 14.7. The number of carbonyl (C=O) groups is 1. The van der Waals surface area contributed by atoms with Gasteiger partial charge in [-0.25, -0.2) is 9.37 Å². The molecular formula is C16H13FN2OS. The Balaban J connectivity index is 1.71. The van der Waals surface area contributed by atoms with Crippen LogP contribution >= 0.6 is 11.3 Å². The van der Waals surface area contributed by atoms with E-state index in [0.717, 1.165) is 16.3 Å². The smallest absolute Gasteiger partial charge is 0.156 e. The summed E-state index contributed by atoms with van der Waals surface area (Å²) in [7, 11) is 0. The number of thiophene rings is 1. The quantitative estimate of drug-likeness (QED) is 0.722.